The van der Waals surface area contributed by atoms with Crippen molar-refractivity contribution < 1.29 is 9.53 Å². The maximum Gasteiger partial charge on any atom is 0.232 e. The van der Waals surface area contributed by atoms with E-state index in [9.17, 15) is 4.79 Å². The van der Waals surface area contributed by atoms with E-state index in [1.165, 1.54) is 5.56 Å². The molecule has 1 N–H and O–H groups in total. The van der Waals surface area contributed by atoms with Crippen LogP contribution in [0.5, 0.6) is 5.75 Å². The molecule has 0 aromatic heterocycles. The van der Waals surface area contributed by atoms with Crippen LogP contribution in [0.1, 0.15) is 38.3 Å². The van der Waals surface area contributed by atoms with Gasteiger partial charge in [-0.1, -0.05) is 31.5 Å². The van der Waals surface area contributed by atoms with Crippen molar-refractivity contribution in [2.45, 2.75) is 45.1 Å². The zero-order valence-electron chi connectivity index (χ0n) is 13.7. The first-order valence-corrected chi connectivity index (χ1v) is 8.51. The highest BCUT2D eigenvalue weighted by molar-refractivity contribution is 7.99. The number of carbonyl (C=O) groups excluding carboxylic acids is 1. The number of rotatable bonds is 8. The molecular formula is C17H27NO2S. The van der Waals surface area contributed by atoms with Crippen LogP contribution < -0.4 is 10.1 Å². The summed E-state index contributed by atoms with van der Waals surface area (Å²) in [6.07, 6.45) is 1.02. The van der Waals surface area contributed by atoms with E-state index in [2.05, 4.69) is 32.2 Å². The van der Waals surface area contributed by atoms with E-state index < -0.39 is 0 Å². The fraction of sp³-hybridized carbons (Fsp3) is 0.588. The van der Waals surface area contributed by atoms with Crippen molar-refractivity contribution in [1.29, 1.82) is 0 Å². The van der Waals surface area contributed by atoms with Gasteiger partial charge in [-0.25, -0.2) is 0 Å². The lowest BCUT2D eigenvalue weighted by Crippen LogP contribution is -2.32. The van der Waals surface area contributed by atoms with Crippen LogP contribution in [0.25, 0.3) is 0 Å². The number of nitrogens with one attached hydrogen (secondary N) is 1. The summed E-state index contributed by atoms with van der Waals surface area (Å²) in [7, 11) is 1.68. The monoisotopic (exact) mass is 309 g/mol. The van der Waals surface area contributed by atoms with Gasteiger partial charge in [-0.2, -0.15) is 0 Å². The molecule has 0 spiro atoms. The van der Waals surface area contributed by atoms with Gasteiger partial charge in [0.1, 0.15) is 5.75 Å². The second-order valence-corrected chi connectivity index (χ2v) is 7.07. The molecule has 1 amide bonds. The number of hydrogen-bond acceptors (Lipinski definition) is 3. The molecule has 0 heterocycles. The van der Waals surface area contributed by atoms with Crippen molar-refractivity contribution in [2.75, 3.05) is 13.7 Å². The highest BCUT2D eigenvalue weighted by Crippen LogP contribution is 2.26. The number of ether oxygens (including phenoxy) is 1. The number of amides is 1. The molecule has 0 radical (unpaired) electrons. The third kappa shape index (κ3) is 6.42. The summed E-state index contributed by atoms with van der Waals surface area (Å²) >= 11 is 1.64. The molecule has 0 saturated carbocycles. The quantitative estimate of drug-likeness (QED) is 0.794. The predicted molar refractivity (Wildman–Crippen MR) is 91.0 cm³/mol. The lowest BCUT2D eigenvalue weighted by molar-refractivity contribution is -0.120. The molecule has 1 aromatic rings. The Kier molecular flexibility index (Phi) is 7.65. The standard InChI is InChI=1S/C17H27NO2S/c1-12(2)8-9-18-17(19)14(4)21-11-15-10-13(3)6-7-16(15)20-5/h6-7,10,12,14H,8-9,11H2,1-5H3,(H,18,19). The van der Waals surface area contributed by atoms with Gasteiger partial charge in [0.05, 0.1) is 12.4 Å². The Bertz CT molecular complexity index is 460. The van der Waals surface area contributed by atoms with Crippen molar-refractivity contribution in [3.8, 4) is 5.75 Å². The van der Waals surface area contributed by atoms with E-state index in [1.54, 1.807) is 18.9 Å². The van der Waals surface area contributed by atoms with Crippen LogP contribution in [-0.4, -0.2) is 24.8 Å². The molecule has 0 saturated heterocycles. The van der Waals surface area contributed by atoms with Gasteiger partial charge >= 0.3 is 0 Å². The summed E-state index contributed by atoms with van der Waals surface area (Å²) in [5.74, 6) is 2.40. The minimum absolute atomic E-state index is 0.0534. The third-order valence-electron chi connectivity index (χ3n) is 3.31. The molecule has 0 fully saturated rings. The summed E-state index contributed by atoms with van der Waals surface area (Å²) in [6, 6.07) is 6.14. The number of methoxy groups -OCH3 is 1. The van der Waals surface area contributed by atoms with Crippen molar-refractivity contribution in [3.63, 3.8) is 0 Å². The van der Waals surface area contributed by atoms with Gasteiger partial charge in [0.25, 0.3) is 0 Å². The van der Waals surface area contributed by atoms with Gasteiger partial charge in [0.2, 0.25) is 5.91 Å². The molecule has 21 heavy (non-hydrogen) atoms. The Morgan fingerprint density at radius 3 is 2.67 bits per heavy atom. The van der Waals surface area contributed by atoms with E-state index in [1.807, 2.05) is 19.1 Å². The summed E-state index contributed by atoms with van der Waals surface area (Å²) in [5.41, 5.74) is 2.35. The van der Waals surface area contributed by atoms with E-state index in [0.29, 0.717) is 5.92 Å². The van der Waals surface area contributed by atoms with Crippen molar-refractivity contribution >= 4 is 17.7 Å². The predicted octanol–water partition coefficient (Wildman–Crippen LogP) is 3.79. The molecule has 1 aromatic carbocycles. The zero-order chi connectivity index (χ0) is 15.8. The Balaban J connectivity index is 2.47. The van der Waals surface area contributed by atoms with Crippen LogP contribution in [0.3, 0.4) is 0 Å². The first-order valence-electron chi connectivity index (χ1n) is 7.46. The largest absolute Gasteiger partial charge is 0.496 e. The third-order valence-corrected chi connectivity index (χ3v) is 4.51. The maximum atomic E-state index is 12.0. The lowest BCUT2D eigenvalue weighted by atomic mass is 10.1. The molecule has 0 aliphatic carbocycles. The first-order chi connectivity index (χ1) is 9.93. The normalized spacial score (nSPS) is 12.3. The minimum Gasteiger partial charge on any atom is -0.496 e. The summed E-state index contributed by atoms with van der Waals surface area (Å²) in [6.45, 7) is 9.10. The van der Waals surface area contributed by atoms with Crippen LogP contribution in [0.2, 0.25) is 0 Å². The van der Waals surface area contributed by atoms with Crippen LogP contribution in [-0.2, 0) is 10.5 Å². The number of hydrogen-bond donors (Lipinski definition) is 1. The number of aryl methyl sites for hydroxylation is 1. The Labute approximate surface area is 132 Å². The average molecular weight is 309 g/mol. The summed E-state index contributed by atoms with van der Waals surface area (Å²) in [4.78, 5) is 12.0. The van der Waals surface area contributed by atoms with Crippen molar-refractivity contribution in [3.05, 3.63) is 29.3 Å². The van der Waals surface area contributed by atoms with Gasteiger partial charge in [0, 0.05) is 17.9 Å². The molecule has 1 atom stereocenters. The maximum absolute atomic E-state index is 12.0. The second kappa shape index (κ2) is 8.98. The fourth-order valence-corrected chi connectivity index (χ4v) is 2.83. The molecule has 0 aliphatic heterocycles. The Hall–Kier alpha value is -1.16. The van der Waals surface area contributed by atoms with Gasteiger partial charge in [-0.05, 0) is 32.3 Å². The molecular weight excluding hydrogens is 282 g/mol. The minimum atomic E-state index is -0.0534. The summed E-state index contributed by atoms with van der Waals surface area (Å²) < 4.78 is 5.37. The van der Waals surface area contributed by atoms with E-state index in [-0.39, 0.29) is 11.2 Å². The molecule has 0 bridgehead atoms. The number of carbonyl (C=O) groups is 1. The summed E-state index contributed by atoms with van der Waals surface area (Å²) in [5, 5.41) is 2.95. The highest BCUT2D eigenvalue weighted by Gasteiger charge is 2.14. The lowest BCUT2D eigenvalue weighted by Gasteiger charge is -2.14. The van der Waals surface area contributed by atoms with E-state index in [4.69, 9.17) is 4.74 Å². The molecule has 1 unspecified atom stereocenters. The molecule has 1 rings (SSSR count). The van der Waals surface area contributed by atoms with Crippen LogP contribution >= 0.6 is 11.8 Å². The molecule has 3 nitrogen and oxygen atoms in total. The van der Waals surface area contributed by atoms with E-state index in [0.717, 1.165) is 30.0 Å². The SMILES string of the molecule is COc1ccc(C)cc1CSC(C)C(=O)NCCC(C)C. The van der Waals surface area contributed by atoms with Gasteiger partial charge in [0.15, 0.2) is 0 Å². The Morgan fingerprint density at radius 2 is 2.05 bits per heavy atom. The van der Waals surface area contributed by atoms with Gasteiger partial charge in [-0.3, -0.25) is 4.79 Å². The Morgan fingerprint density at radius 1 is 1.33 bits per heavy atom. The molecule has 4 heteroatoms. The zero-order valence-corrected chi connectivity index (χ0v) is 14.5. The van der Waals surface area contributed by atoms with Crippen molar-refractivity contribution in [1.82, 2.24) is 5.32 Å². The van der Waals surface area contributed by atoms with E-state index >= 15 is 0 Å². The smallest absolute Gasteiger partial charge is 0.232 e. The topological polar surface area (TPSA) is 38.3 Å². The molecule has 0 aliphatic rings. The van der Waals surface area contributed by atoms with Gasteiger partial charge < -0.3 is 10.1 Å². The van der Waals surface area contributed by atoms with Crippen LogP contribution in [0.4, 0.5) is 0 Å². The van der Waals surface area contributed by atoms with Crippen LogP contribution in [0, 0.1) is 12.8 Å². The van der Waals surface area contributed by atoms with Crippen molar-refractivity contribution in [2.24, 2.45) is 5.92 Å². The highest BCUT2D eigenvalue weighted by atomic mass is 32.2. The average Bonchev–Trinajstić information content (AvgIpc) is 2.44. The van der Waals surface area contributed by atoms with Gasteiger partial charge in [-0.15, -0.1) is 11.8 Å². The number of thioether (sulfide) groups is 1. The number of benzene rings is 1. The molecule has 118 valence electrons. The first kappa shape index (κ1) is 17.9. The fourth-order valence-electron chi connectivity index (χ4n) is 1.94. The van der Waals surface area contributed by atoms with Crippen LogP contribution in [0.15, 0.2) is 18.2 Å². The second-order valence-electron chi connectivity index (χ2n) is 5.74.